The van der Waals surface area contributed by atoms with Crippen molar-refractivity contribution in [2.75, 3.05) is 138 Å². The van der Waals surface area contributed by atoms with Gasteiger partial charge in [-0.05, 0) is 105 Å². The molecule has 137 heavy (non-hydrogen) atoms. The number of hydrogen-bond donors (Lipinski definition) is 12. The Labute approximate surface area is 791 Å². The van der Waals surface area contributed by atoms with Gasteiger partial charge >= 0.3 is 0 Å². The number of imide groups is 1. The monoisotopic (exact) mass is 1930 g/mol. The van der Waals surface area contributed by atoms with Crippen molar-refractivity contribution in [3.63, 3.8) is 0 Å². The van der Waals surface area contributed by atoms with Crippen LogP contribution < -0.4 is 57.9 Å². The number of nitrogens with one attached hydrogen (secondary N) is 10. The van der Waals surface area contributed by atoms with Crippen LogP contribution in [-0.4, -0.2) is 356 Å². The van der Waals surface area contributed by atoms with E-state index >= 15 is 9.59 Å². The molecule has 0 unspecified atom stereocenters. The van der Waals surface area contributed by atoms with Crippen LogP contribution in [0.5, 0.6) is 11.5 Å². The fourth-order valence-corrected chi connectivity index (χ4v) is 16.3. The van der Waals surface area contributed by atoms with Gasteiger partial charge in [0.2, 0.25) is 82.7 Å². The summed E-state index contributed by atoms with van der Waals surface area (Å²) in [7, 11) is 0.277. The van der Waals surface area contributed by atoms with Gasteiger partial charge in [-0.15, -0.1) is 0 Å². The number of ether oxygens (including phenoxy) is 4. The molecule has 0 saturated carbocycles. The molecule has 9 rings (SSSR count). The van der Waals surface area contributed by atoms with Crippen LogP contribution in [0.2, 0.25) is 0 Å². The number of pyridine rings is 2. The molecular weight excluding hydrogens is 1810 g/mol. The number of anilines is 1. The molecule has 742 valence electrons. The minimum atomic E-state index is -4.91. The first-order valence-electron chi connectivity index (χ1n) is 45.0. The Morgan fingerprint density at radius 2 is 0.993 bits per heavy atom. The third-order valence-electron chi connectivity index (χ3n) is 23.2. The highest BCUT2D eigenvalue weighted by Crippen LogP contribution is 2.29. The summed E-state index contributed by atoms with van der Waals surface area (Å²) in [5.74, 6) is -18.5. The fraction of sp³-hybridized carbons (Fsp3) is 0.516. The standard InChI is InChI=1S/C91H121N19O26S/c1-52(2)76(103-82(120)64(51-137(130,131)132)98-69(112)32-36-133-38-40-135-41-39-134-37-35-110-70(113)30-31-71(110)114)85(123)96-55(7)81(119)97-59-28-26-56(27-29-59)50-136-68-43-58-21-13-15-23-61(58)100-78(68)87(125)102-63-45-93-89(127)80(54(5)6)107(11)75(118)49-105(9)72(115)46-94-83(121)65-24-16-18-33-108(65)90(128)62(101-86(124)77-67(111)42-57-20-12-14-22-60(57)99-77)44-92-88(126)79(53(3)4)106(10)74(117)48-104(8)73(116)47-95-84(122)66-25-17-19-34-109(66)91(63)129/h12-15,20-23,26-31,42-43,52-55,62-66,76,79-80,111H,16-19,24-25,32-41,44-51H2,1-11H3,(H,92,126)(H,93,127)(H,94,121)(H,95,122)(H,96,123)(H,97,119)(H,98,112)(H,101,124)(H,102,125)(H,103,120)(H,130,131,132)/t55-,62+,63+,64-,65-,66-,76-,79-,80-/m0/s1. The largest absolute Gasteiger partial charge is 0.505 e. The Hall–Kier alpha value is -13.7. The van der Waals surface area contributed by atoms with Gasteiger partial charge in [0.25, 0.3) is 33.7 Å². The van der Waals surface area contributed by atoms with Crippen LogP contribution in [0.1, 0.15) is 120 Å². The molecule has 18 amide bonds. The highest BCUT2D eigenvalue weighted by molar-refractivity contribution is 7.85. The highest BCUT2D eigenvalue weighted by atomic mass is 32.2. The van der Waals surface area contributed by atoms with Gasteiger partial charge in [0.05, 0.1) is 83.4 Å². The summed E-state index contributed by atoms with van der Waals surface area (Å²) in [6.07, 6.45) is 3.66. The molecule has 0 radical (unpaired) electrons. The van der Waals surface area contributed by atoms with Gasteiger partial charge in [-0.3, -0.25) is 95.8 Å². The third-order valence-corrected chi connectivity index (χ3v) is 24.0. The molecule has 0 aliphatic carbocycles. The maximum atomic E-state index is 15.5. The van der Waals surface area contributed by atoms with Gasteiger partial charge in [0.1, 0.15) is 72.5 Å². The number of aromatic nitrogens is 2. The SMILES string of the molecule is CC(C)[C@H](NC(=O)[C@H](CS(=O)(=O)O)NC(=O)CCOCCOCCOCCN1C(=O)C=CC1=O)C(=O)N[C@@H](C)C(=O)Nc1ccc(COc2cc3ccccc3nc2C(=O)N[C@@H]2CNC(=O)[C@H](C(C)C)N(C)C(=O)CN(C)C(=O)CNC(=O)[C@@H]3CCCCN3C(=O)[C@H](NC(=O)c3nc4ccccc4cc3O)CNC(=O)[C@H](C(C)C)N(C)C(=O)CN(C)C(=O)CNC(=O)[C@@H]3CCCCN3C2=O)cc1. The van der Waals surface area contributed by atoms with E-state index in [0.717, 1.165) is 36.7 Å². The van der Waals surface area contributed by atoms with Crippen LogP contribution in [0.3, 0.4) is 0 Å². The predicted molar refractivity (Wildman–Crippen MR) is 492 cm³/mol. The molecule has 2 aromatic heterocycles. The molecule has 5 aromatic rings. The van der Waals surface area contributed by atoms with Gasteiger partial charge in [0.15, 0.2) is 17.1 Å². The molecule has 9 atom stereocenters. The molecule has 0 spiro atoms. The van der Waals surface area contributed by atoms with Crippen molar-refractivity contribution in [2.45, 2.75) is 154 Å². The molecular formula is C91H121N19O26S. The fourth-order valence-electron chi connectivity index (χ4n) is 15.7. The summed E-state index contributed by atoms with van der Waals surface area (Å²) in [6, 6.07) is 9.10. The summed E-state index contributed by atoms with van der Waals surface area (Å²) < 4.78 is 56.5. The average Bonchev–Trinajstić information content (AvgIpc) is 1.50. The number of rotatable bonds is 31. The number of aromatic hydroxyl groups is 1. The molecule has 4 aliphatic rings. The molecule has 45 nitrogen and oxygen atoms in total. The molecule has 6 heterocycles. The first-order valence-corrected chi connectivity index (χ1v) is 46.6. The van der Waals surface area contributed by atoms with Crippen LogP contribution >= 0.6 is 0 Å². The number of fused-ring (bicyclic) bond motifs is 4. The predicted octanol–water partition coefficient (Wildman–Crippen LogP) is -1.59. The summed E-state index contributed by atoms with van der Waals surface area (Å²) in [6.45, 7) is 6.93. The van der Waals surface area contributed by atoms with E-state index in [1.54, 1.807) is 102 Å². The molecule has 3 aromatic carbocycles. The molecule has 4 aliphatic heterocycles. The molecule has 12 N–H and O–H groups in total. The lowest BCUT2D eigenvalue weighted by atomic mass is 9.99. The summed E-state index contributed by atoms with van der Waals surface area (Å²) >= 11 is 0. The van der Waals surface area contributed by atoms with Crippen LogP contribution in [0.4, 0.5) is 5.69 Å². The van der Waals surface area contributed by atoms with E-state index in [9.17, 15) is 94.8 Å². The number of carbonyl (C=O) groups is 18. The van der Waals surface area contributed by atoms with E-state index in [1.165, 1.54) is 69.2 Å². The van der Waals surface area contributed by atoms with Crippen LogP contribution in [0.25, 0.3) is 21.8 Å². The van der Waals surface area contributed by atoms with Gasteiger partial charge in [-0.25, -0.2) is 9.97 Å². The van der Waals surface area contributed by atoms with Crippen molar-refractivity contribution in [1.29, 1.82) is 0 Å². The number of amides is 18. The van der Waals surface area contributed by atoms with E-state index in [0.29, 0.717) is 53.1 Å². The van der Waals surface area contributed by atoms with Crippen molar-refractivity contribution in [2.24, 2.45) is 17.8 Å². The number of benzene rings is 3. The number of para-hydroxylation sites is 2. The Kier molecular flexibility index (Phi) is 39.2. The maximum absolute atomic E-state index is 15.5. The van der Waals surface area contributed by atoms with E-state index in [1.807, 2.05) is 0 Å². The Bertz CT molecular complexity index is 5430. The summed E-state index contributed by atoms with van der Waals surface area (Å²) in [5.41, 5.74) is 0.476. The van der Waals surface area contributed by atoms with Gasteiger partial charge in [-0.2, -0.15) is 8.42 Å². The number of likely N-dealkylation sites (N-methyl/N-ethyl adjacent to an activating group) is 4. The number of piperidine rings is 2. The van der Waals surface area contributed by atoms with E-state index in [2.05, 4.69) is 63.1 Å². The van der Waals surface area contributed by atoms with Crippen molar-refractivity contribution in [3.8, 4) is 11.5 Å². The maximum Gasteiger partial charge on any atom is 0.274 e. The number of nitrogens with zero attached hydrogens (tertiary/aromatic N) is 9. The van der Waals surface area contributed by atoms with Crippen molar-refractivity contribution in [1.82, 2.24) is 92.1 Å². The van der Waals surface area contributed by atoms with E-state index in [4.69, 9.17) is 18.9 Å². The van der Waals surface area contributed by atoms with E-state index in [-0.39, 0.29) is 102 Å². The highest BCUT2D eigenvalue weighted by Gasteiger charge is 2.43. The van der Waals surface area contributed by atoms with Crippen LogP contribution in [0.15, 0.2) is 97.1 Å². The van der Waals surface area contributed by atoms with Gasteiger partial charge in [-0.1, -0.05) is 90.1 Å². The Morgan fingerprint density at radius 1 is 0.526 bits per heavy atom. The minimum absolute atomic E-state index is 0.0223. The topological polar surface area (TPSA) is 588 Å². The second-order valence-corrected chi connectivity index (χ2v) is 36.1. The zero-order valence-corrected chi connectivity index (χ0v) is 79.1. The van der Waals surface area contributed by atoms with Gasteiger partial charge < -0.3 is 107 Å². The smallest absolute Gasteiger partial charge is 0.274 e. The van der Waals surface area contributed by atoms with Crippen molar-refractivity contribution in [3.05, 3.63) is 114 Å². The van der Waals surface area contributed by atoms with Crippen molar-refractivity contribution >= 4 is 144 Å². The Balaban J connectivity index is 0.871. The quantitative estimate of drug-likeness (QED) is 0.0135. The van der Waals surface area contributed by atoms with Crippen molar-refractivity contribution < 1.29 is 123 Å². The molecule has 46 heteroatoms. The lowest BCUT2D eigenvalue weighted by Gasteiger charge is -2.37. The second kappa shape index (κ2) is 50.2. The van der Waals surface area contributed by atoms with Gasteiger partial charge in [0, 0.05) is 89.4 Å². The van der Waals surface area contributed by atoms with E-state index < -0.39 is 245 Å². The zero-order valence-electron chi connectivity index (χ0n) is 78.3. The second-order valence-electron chi connectivity index (χ2n) is 34.6. The number of carbonyl (C=O) groups excluding carboxylic acids is 18. The lowest BCUT2D eigenvalue weighted by molar-refractivity contribution is -0.146. The zero-order chi connectivity index (χ0) is 100. The third kappa shape index (κ3) is 30.4. The lowest BCUT2D eigenvalue weighted by Crippen LogP contribution is -2.61. The first kappa shape index (κ1) is 107. The normalized spacial score (nSPS) is 20.2. The minimum Gasteiger partial charge on any atom is -0.505 e. The summed E-state index contributed by atoms with van der Waals surface area (Å²) in [5, 5.41) is 37.7. The average molecular weight is 1930 g/mol. The van der Waals surface area contributed by atoms with Crippen LogP contribution in [-0.2, 0) is 108 Å². The number of hydrogen-bond acceptors (Lipinski definition) is 27. The summed E-state index contributed by atoms with van der Waals surface area (Å²) in [4.78, 5) is 268. The molecule has 3 saturated heterocycles. The first-order chi connectivity index (χ1) is 65.0. The van der Waals surface area contributed by atoms with Crippen LogP contribution in [0, 0.1) is 17.8 Å². The molecule has 3 fully saturated rings. The molecule has 0 bridgehead atoms. The Morgan fingerprint density at radius 3 is 1.48 bits per heavy atom.